The normalized spacial score (nSPS) is 14.0. The SMILES string of the molecule is NCC=CCNc1c(OCC#CCC2CCN(C(=O)O)CC2)cc(C(N)=O)cc1[N+](=O)[O-]. The number of rotatable bonds is 9. The van der Waals surface area contributed by atoms with Crippen LogP contribution in [0.3, 0.4) is 0 Å². The number of hydrogen-bond acceptors (Lipinski definition) is 7. The molecule has 0 unspecified atom stereocenters. The molecular formula is C21H27N5O6. The van der Waals surface area contributed by atoms with Gasteiger partial charge < -0.3 is 31.5 Å². The second-order valence-corrected chi connectivity index (χ2v) is 7.14. The Labute approximate surface area is 185 Å². The van der Waals surface area contributed by atoms with Crippen molar-refractivity contribution in [1.82, 2.24) is 4.90 Å². The van der Waals surface area contributed by atoms with Crippen molar-refractivity contribution in [2.45, 2.75) is 19.3 Å². The van der Waals surface area contributed by atoms with Gasteiger partial charge in [0.15, 0.2) is 11.4 Å². The Balaban J connectivity index is 2.06. The summed E-state index contributed by atoms with van der Waals surface area (Å²) in [6.45, 7) is 1.55. The van der Waals surface area contributed by atoms with E-state index in [1.54, 1.807) is 12.2 Å². The summed E-state index contributed by atoms with van der Waals surface area (Å²) >= 11 is 0. The van der Waals surface area contributed by atoms with Gasteiger partial charge in [-0.15, -0.1) is 0 Å². The Morgan fingerprint density at radius 1 is 1.31 bits per heavy atom. The molecule has 0 atom stereocenters. The van der Waals surface area contributed by atoms with E-state index in [4.69, 9.17) is 21.3 Å². The van der Waals surface area contributed by atoms with Crippen molar-refractivity contribution >= 4 is 23.4 Å². The first-order valence-electron chi connectivity index (χ1n) is 10.1. The van der Waals surface area contributed by atoms with Crippen LogP contribution in [0, 0.1) is 27.9 Å². The van der Waals surface area contributed by atoms with Gasteiger partial charge in [0.05, 0.1) is 4.92 Å². The van der Waals surface area contributed by atoms with Crippen molar-refractivity contribution in [2.24, 2.45) is 17.4 Å². The predicted octanol–water partition coefficient (Wildman–Crippen LogP) is 1.78. The number of nitrogens with two attached hydrogens (primary N) is 2. The third-order valence-corrected chi connectivity index (χ3v) is 4.96. The number of anilines is 1. The number of nitrogens with zero attached hydrogens (tertiary/aromatic N) is 2. The van der Waals surface area contributed by atoms with Gasteiger partial charge in [0.1, 0.15) is 6.61 Å². The average molecular weight is 445 g/mol. The highest BCUT2D eigenvalue weighted by Gasteiger charge is 2.23. The van der Waals surface area contributed by atoms with E-state index >= 15 is 0 Å². The highest BCUT2D eigenvalue weighted by molar-refractivity contribution is 5.95. The van der Waals surface area contributed by atoms with E-state index in [-0.39, 0.29) is 35.8 Å². The first-order chi connectivity index (χ1) is 15.3. The van der Waals surface area contributed by atoms with Gasteiger partial charge in [-0.05, 0) is 24.8 Å². The van der Waals surface area contributed by atoms with E-state index < -0.39 is 16.9 Å². The second kappa shape index (κ2) is 12.2. The van der Waals surface area contributed by atoms with Crippen LogP contribution in [0.2, 0.25) is 0 Å². The van der Waals surface area contributed by atoms with Gasteiger partial charge in [0, 0.05) is 44.2 Å². The maximum absolute atomic E-state index is 11.6. The van der Waals surface area contributed by atoms with Crippen LogP contribution < -0.4 is 21.5 Å². The van der Waals surface area contributed by atoms with Gasteiger partial charge in [-0.25, -0.2) is 4.79 Å². The summed E-state index contributed by atoms with van der Waals surface area (Å²) < 4.78 is 5.63. The fourth-order valence-corrected chi connectivity index (χ4v) is 3.23. The van der Waals surface area contributed by atoms with Gasteiger partial charge in [-0.3, -0.25) is 14.9 Å². The largest absolute Gasteiger partial charge is 0.478 e. The third kappa shape index (κ3) is 7.17. The summed E-state index contributed by atoms with van der Waals surface area (Å²) in [6, 6.07) is 2.44. The number of carbonyl (C=O) groups is 2. The molecule has 2 rings (SSSR count). The molecule has 6 N–H and O–H groups in total. The molecule has 1 aromatic carbocycles. The minimum atomic E-state index is -0.904. The molecule has 11 heteroatoms. The number of nitrogens with one attached hydrogen (secondary N) is 1. The number of piperidine rings is 1. The molecule has 0 bridgehead atoms. The van der Waals surface area contributed by atoms with E-state index in [0.29, 0.717) is 32.0 Å². The summed E-state index contributed by atoms with van der Waals surface area (Å²) in [4.78, 5) is 34.8. The maximum atomic E-state index is 11.6. The number of benzene rings is 1. The number of carbonyl (C=O) groups excluding carboxylic acids is 1. The molecule has 1 saturated heterocycles. The summed E-state index contributed by atoms with van der Waals surface area (Å²) in [6.07, 6.45) is 4.61. The lowest BCUT2D eigenvalue weighted by Crippen LogP contribution is -2.37. The summed E-state index contributed by atoms with van der Waals surface area (Å²) in [5.41, 5.74) is 10.4. The zero-order valence-corrected chi connectivity index (χ0v) is 17.6. The van der Waals surface area contributed by atoms with E-state index in [1.165, 1.54) is 11.0 Å². The number of primary amides is 1. The number of hydrogen-bond donors (Lipinski definition) is 4. The van der Waals surface area contributed by atoms with Crippen LogP contribution in [0.1, 0.15) is 29.6 Å². The molecule has 0 saturated carbocycles. The highest BCUT2D eigenvalue weighted by atomic mass is 16.6. The molecule has 1 heterocycles. The zero-order valence-electron chi connectivity index (χ0n) is 17.6. The van der Waals surface area contributed by atoms with E-state index in [9.17, 15) is 19.7 Å². The molecule has 1 aliphatic rings. The number of ether oxygens (including phenoxy) is 1. The maximum Gasteiger partial charge on any atom is 0.407 e. The van der Waals surface area contributed by atoms with Gasteiger partial charge >= 0.3 is 6.09 Å². The number of amides is 2. The summed E-state index contributed by atoms with van der Waals surface area (Å²) in [7, 11) is 0. The van der Waals surface area contributed by atoms with Crippen molar-refractivity contribution in [3.63, 3.8) is 0 Å². The topological polar surface area (TPSA) is 174 Å². The fourth-order valence-electron chi connectivity index (χ4n) is 3.23. The van der Waals surface area contributed by atoms with Gasteiger partial charge in [-0.1, -0.05) is 24.0 Å². The van der Waals surface area contributed by atoms with Crippen LogP contribution >= 0.6 is 0 Å². The quantitative estimate of drug-likeness (QED) is 0.192. The Bertz CT molecular complexity index is 929. The molecule has 0 aromatic heterocycles. The van der Waals surface area contributed by atoms with Gasteiger partial charge in [0.2, 0.25) is 5.91 Å². The van der Waals surface area contributed by atoms with Gasteiger partial charge in [-0.2, -0.15) is 0 Å². The summed E-state index contributed by atoms with van der Waals surface area (Å²) in [5, 5.41) is 23.4. The molecule has 1 fully saturated rings. The van der Waals surface area contributed by atoms with Gasteiger partial charge in [0.25, 0.3) is 5.69 Å². The lowest BCUT2D eigenvalue weighted by Gasteiger charge is -2.28. The van der Waals surface area contributed by atoms with Crippen LogP contribution in [-0.2, 0) is 0 Å². The lowest BCUT2D eigenvalue weighted by molar-refractivity contribution is -0.384. The van der Waals surface area contributed by atoms with Crippen LogP contribution in [0.4, 0.5) is 16.2 Å². The van der Waals surface area contributed by atoms with Crippen LogP contribution in [0.15, 0.2) is 24.3 Å². The average Bonchev–Trinajstić information content (AvgIpc) is 2.76. The number of nitro benzene ring substituents is 1. The van der Waals surface area contributed by atoms with Crippen LogP contribution in [-0.4, -0.2) is 59.7 Å². The Hall–Kier alpha value is -3.78. The van der Waals surface area contributed by atoms with Crippen molar-refractivity contribution in [1.29, 1.82) is 0 Å². The predicted molar refractivity (Wildman–Crippen MR) is 119 cm³/mol. The molecule has 32 heavy (non-hydrogen) atoms. The Kier molecular flexibility index (Phi) is 9.31. The number of likely N-dealkylation sites (tertiary alicyclic amines) is 1. The second-order valence-electron chi connectivity index (χ2n) is 7.14. The van der Waals surface area contributed by atoms with Crippen molar-refractivity contribution in [2.75, 3.05) is 38.1 Å². The molecule has 1 aromatic rings. The summed E-state index contributed by atoms with van der Waals surface area (Å²) in [5.74, 6) is 5.47. The third-order valence-electron chi connectivity index (χ3n) is 4.96. The molecule has 2 amide bonds. The van der Waals surface area contributed by atoms with E-state index in [2.05, 4.69) is 17.2 Å². The fraction of sp³-hybridized carbons (Fsp3) is 0.429. The van der Waals surface area contributed by atoms with Crippen molar-refractivity contribution in [3.8, 4) is 17.6 Å². The number of carboxylic acid groups (broad SMARTS) is 1. The first-order valence-corrected chi connectivity index (χ1v) is 10.1. The molecular weight excluding hydrogens is 418 g/mol. The van der Waals surface area contributed by atoms with Crippen molar-refractivity contribution in [3.05, 3.63) is 40.0 Å². The first kappa shape index (κ1) is 24.5. The lowest BCUT2D eigenvalue weighted by atomic mass is 9.94. The number of nitro groups is 1. The minimum Gasteiger partial charge on any atom is -0.478 e. The Morgan fingerprint density at radius 3 is 2.62 bits per heavy atom. The molecule has 0 spiro atoms. The molecule has 11 nitrogen and oxygen atoms in total. The molecule has 0 radical (unpaired) electrons. The van der Waals surface area contributed by atoms with E-state index in [1.807, 2.05) is 0 Å². The monoisotopic (exact) mass is 445 g/mol. The van der Waals surface area contributed by atoms with Crippen molar-refractivity contribution < 1.29 is 24.4 Å². The smallest absolute Gasteiger partial charge is 0.407 e. The molecule has 0 aliphatic carbocycles. The molecule has 172 valence electrons. The standard InChI is InChI=1S/C21H27N5O6/c22-8-2-3-9-24-19-17(26(30)31)13-16(20(23)27)14-18(19)32-12-4-1-5-15-6-10-25(11-7-15)21(28)29/h2-3,13-15,24H,5-12,22H2,(H2,23,27)(H,28,29). The van der Waals surface area contributed by atoms with Crippen LogP contribution in [0.5, 0.6) is 5.75 Å². The highest BCUT2D eigenvalue weighted by Crippen LogP contribution is 2.36. The Morgan fingerprint density at radius 2 is 2.03 bits per heavy atom. The zero-order chi connectivity index (χ0) is 23.5. The van der Waals surface area contributed by atoms with Crippen LogP contribution in [0.25, 0.3) is 0 Å². The van der Waals surface area contributed by atoms with E-state index in [0.717, 1.165) is 18.9 Å². The minimum absolute atomic E-state index is 0.0410. The molecule has 1 aliphatic heterocycles.